The van der Waals surface area contributed by atoms with Crippen molar-refractivity contribution in [2.45, 2.75) is 37.2 Å². The Labute approximate surface area is 130 Å². The molecular formula is C15H23N5S. The highest BCUT2D eigenvalue weighted by Gasteiger charge is 2.28. The van der Waals surface area contributed by atoms with E-state index in [1.165, 1.54) is 5.56 Å². The Morgan fingerprint density at radius 1 is 1.24 bits per heavy atom. The second-order valence-electron chi connectivity index (χ2n) is 5.36. The Morgan fingerprint density at radius 3 is 2.48 bits per heavy atom. The van der Waals surface area contributed by atoms with Gasteiger partial charge in [-0.1, -0.05) is 62.9 Å². The van der Waals surface area contributed by atoms with Crippen molar-refractivity contribution in [1.82, 2.24) is 25.5 Å². The number of rotatable bonds is 7. The normalized spacial score (nSPS) is 14.3. The van der Waals surface area contributed by atoms with Gasteiger partial charge in [0.05, 0.1) is 0 Å². The Balaban J connectivity index is 2.27. The first-order valence-electron chi connectivity index (χ1n) is 7.30. The summed E-state index contributed by atoms with van der Waals surface area (Å²) >= 11 is 1.74. The molecule has 2 rings (SSSR count). The Morgan fingerprint density at radius 2 is 1.95 bits per heavy atom. The molecule has 1 aromatic heterocycles. The number of thioether (sulfide) groups is 1. The molecule has 0 fully saturated rings. The van der Waals surface area contributed by atoms with E-state index < -0.39 is 0 Å². The van der Waals surface area contributed by atoms with Gasteiger partial charge >= 0.3 is 0 Å². The average molecular weight is 305 g/mol. The monoisotopic (exact) mass is 305 g/mol. The van der Waals surface area contributed by atoms with Crippen molar-refractivity contribution in [2.75, 3.05) is 6.54 Å². The summed E-state index contributed by atoms with van der Waals surface area (Å²) < 4.78 is 1.73. The van der Waals surface area contributed by atoms with E-state index in [-0.39, 0.29) is 6.04 Å². The lowest BCUT2D eigenvalue weighted by atomic mass is 9.96. The fourth-order valence-electron chi connectivity index (χ4n) is 2.34. The van der Waals surface area contributed by atoms with Crippen LogP contribution in [0.25, 0.3) is 0 Å². The number of benzene rings is 1. The average Bonchev–Trinajstić information content (AvgIpc) is 2.88. The highest BCUT2D eigenvalue weighted by atomic mass is 32.2. The van der Waals surface area contributed by atoms with Crippen molar-refractivity contribution in [1.29, 1.82) is 0 Å². The molecule has 0 spiro atoms. The van der Waals surface area contributed by atoms with Crippen LogP contribution >= 0.6 is 11.8 Å². The minimum atomic E-state index is 0.276. The van der Waals surface area contributed by atoms with Crippen molar-refractivity contribution in [2.24, 2.45) is 13.0 Å². The zero-order valence-corrected chi connectivity index (χ0v) is 13.8. The Kier molecular flexibility index (Phi) is 5.76. The molecule has 0 aliphatic heterocycles. The zero-order valence-electron chi connectivity index (χ0n) is 13.0. The number of nitrogens with one attached hydrogen (secondary N) is 1. The summed E-state index contributed by atoms with van der Waals surface area (Å²) in [5, 5.41) is 16.6. The summed E-state index contributed by atoms with van der Waals surface area (Å²) in [7, 11) is 1.88. The van der Waals surface area contributed by atoms with Crippen molar-refractivity contribution in [3.05, 3.63) is 35.9 Å². The predicted molar refractivity (Wildman–Crippen MR) is 86.1 cm³/mol. The summed E-state index contributed by atoms with van der Waals surface area (Å²) in [5.74, 6) is 0.496. The van der Waals surface area contributed by atoms with Gasteiger partial charge in [0.1, 0.15) is 0 Å². The molecule has 0 radical (unpaired) electrons. The van der Waals surface area contributed by atoms with E-state index in [1.807, 2.05) is 7.05 Å². The number of aryl methyl sites for hydroxylation is 1. The van der Waals surface area contributed by atoms with Crippen LogP contribution in [0.4, 0.5) is 0 Å². The highest BCUT2D eigenvalue weighted by molar-refractivity contribution is 7.99. The van der Waals surface area contributed by atoms with Crippen molar-refractivity contribution < 1.29 is 0 Å². The fraction of sp³-hybridized carbons (Fsp3) is 0.533. The van der Waals surface area contributed by atoms with Gasteiger partial charge in [-0.2, -0.15) is 0 Å². The topological polar surface area (TPSA) is 55.6 Å². The van der Waals surface area contributed by atoms with E-state index >= 15 is 0 Å². The summed E-state index contributed by atoms with van der Waals surface area (Å²) in [6, 6.07) is 10.9. The third-order valence-corrected chi connectivity index (χ3v) is 5.04. The Hall–Kier alpha value is -1.40. The molecule has 1 N–H and O–H groups in total. The molecule has 2 atom stereocenters. The van der Waals surface area contributed by atoms with Gasteiger partial charge in [0.25, 0.3) is 0 Å². The summed E-state index contributed by atoms with van der Waals surface area (Å²) in [6.07, 6.45) is 0. The standard InChI is InChI=1S/C15H23N5S/c1-5-16-13(12-9-7-6-8-10-12)14(11(2)3)21-15-17-18-19-20(15)4/h6-11,13-14,16H,5H2,1-4H3. The van der Waals surface area contributed by atoms with Crippen LogP contribution in [-0.2, 0) is 7.05 Å². The molecule has 0 saturated heterocycles. The lowest BCUT2D eigenvalue weighted by Gasteiger charge is -2.30. The maximum atomic E-state index is 4.11. The molecule has 114 valence electrons. The van der Waals surface area contributed by atoms with Gasteiger partial charge < -0.3 is 5.32 Å². The first-order valence-corrected chi connectivity index (χ1v) is 8.18. The molecule has 2 aromatic rings. The molecule has 0 amide bonds. The first kappa shape index (κ1) is 16.0. The summed E-state index contributed by atoms with van der Waals surface area (Å²) in [6.45, 7) is 7.56. The number of nitrogens with zero attached hydrogens (tertiary/aromatic N) is 4. The van der Waals surface area contributed by atoms with Crippen LogP contribution in [-0.4, -0.2) is 32.0 Å². The molecule has 6 heteroatoms. The quantitative estimate of drug-likeness (QED) is 0.797. The van der Waals surface area contributed by atoms with E-state index in [2.05, 4.69) is 71.9 Å². The molecular weight excluding hydrogens is 282 g/mol. The van der Waals surface area contributed by atoms with Gasteiger partial charge in [0.2, 0.25) is 5.16 Å². The fourth-order valence-corrected chi connectivity index (χ4v) is 3.51. The van der Waals surface area contributed by atoms with E-state index in [1.54, 1.807) is 16.4 Å². The second-order valence-corrected chi connectivity index (χ2v) is 6.50. The van der Waals surface area contributed by atoms with Crippen LogP contribution in [0.3, 0.4) is 0 Å². The zero-order chi connectivity index (χ0) is 15.2. The van der Waals surface area contributed by atoms with E-state index in [4.69, 9.17) is 0 Å². The van der Waals surface area contributed by atoms with E-state index in [0.29, 0.717) is 11.2 Å². The molecule has 5 nitrogen and oxygen atoms in total. The van der Waals surface area contributed by atoms with E-state index in [0.717, 1.165) is 11.7 Å². The number of tetrazole rings is 1. The minimum absolute atomic E-state index is 0.276. The van der Waals surface area contributed by atoms with E-state index in [9.17, 15) is 0 Å². The van der Waals surface area contributed by atoms with Crippen LogP contribution in [0.1, 0.15) is 32.4 Å². The minimum Gasteiger partial charge on any atom is -0.309 e. The lowest BCUT2D eigenvalue weighted by Crippen LogP contribution is -2.33. The molecule has 1 aromatic carbocycles. The third kappa shape index (κ3) is 4.04. The van der Waals surface area contributed by atoms with Gasteiger partial charge in [-0.25, -0.2) is 4.68 Å². The van der Waals surface area contributed by atoms with Gasteiger partial charge in [-0.05, 0) is 28.5 Å². The maximum absolute atomic E-state index is 4.11. The summed E-state index contributed by atoms with van der Waals surface area (Å²) in [5.41, 5.74) is 1.31. The van der Waals surface area contributed by atoms with Crippen LogP contribution in [0.15, 0.2) is 35.5 Å². The molecule has 0 aliphatic carbocycles. The third-order valence-electron chi connectivity index (χ3n) is 3.39. The van der Waals surface area contributed by atoms with Gasteiger partial charge in [0, 0.05) is 18.3 Å². The van der Waals surface area contributed by atoms with Gasteiger partial charge in [-0.3, -0.25) is 0 Å². The van der Waals surface area contributed by atoms with Crippen LogP contribution in [0.5, 0.6) is 0 Å². The molecule has 0 aliphatic rings. The van der Waals surface area contributed by atoms with Crippen molar-refractivity contribution in [3.8, 4) is 0 Å². The largest absolute Gasteiger partial charge is 0.309 e. The number of aromatic nitrogens is 4. The highest BCUT2D eigenvalue weighted by Crippen LogP contribution is 2.35. The lowest BCUT2D eigenvalue weighted by molar-refractivity contribution is 0.451. The number of hydrogen-bond donors (Lipinski definition) is 1. The SMILES string of the molecule is CCNC(c1ccccc1)C(Sc1nnnn1C)C(C)C. The smallest absolute Gasteiger partial charge is 0.209 e. The Bertz CT molecular complexity index is 540. The molecule has 0 saturated carbocycles. The van der Waals surface area contributed by atoms with Gasteiger partial charge in [-0.15, -0.1) is 5.10 Å². The molecule has 21 heavy (non-hydrogen) atoms. The van der Waals surface area contributed by atoms with Crippen LogP contribution in [0, 0.1) is 5.92 Å². The second kappa shape index (κ2) is 7.56. The van der Waals surface area contributed by atoms with Crippen molar-refractivity contribution in [3.63, 3.8) is 0 Å². The molecule has 0 bridgehead atoms. The van der Waals surface area contributed by atoms with Crippen LogP contribution < -0.4 is 5.32 Å². The van der Waals surface area contributed by atoms with Crippen LogP contribution in [0.2, 0.25) is 0 Å². The maximum Gasteiger partial charge on any atom is 0.209 e. The first-order chi connectivity index (χ1) is 10.1. The number of hydrogen-bond acceptors (Lipinski definition) is 5. The van der Waals surface area contributed by atoms with Gasteiger partial charge in [0.15, 0.2) is 0 Å². The van der Waals surface area contributed by atoms with Crippen molar-refractivity contribution >= 4 is 11.8 Å². The molecule has 2 unspecified atom stereocenters. The summed E-state index contributed by atoms with van der Waals surface area (Å²) in [4.78, 5) is 0. The predicted octanol–water partition coefficient (Wildman–Crippen LogP) is 2.68. The molecule has 1 heterocycles.